The molecule has 1 aromatic carbocycles. The van der Waals surface area contributed by atoms with E-state index in [9.17, 15) is 4.79 Å². The molecule has 0 saturated carbocycles. The van der Waals surface area contributed by atoms with Crippen molar-refractivity contribution in [2.75, 3.05) is 11.9 Å². The Kier molecular flexibility index (Phi) is 4.73. The number of amides is 1. The van der Waals surface area contributed by atoms with Crippen LogP contribution in [0, 0.1) is 5.92 Å². The molecule has 0 radical (unpaired) electrons. The van der Waals surface area contributed by atoms with Gasteiger partial charge >= 0.3 is 0 Å². The van der Waals surface area contributed by atoms with Crippen LogP contribution in [-0.2, 0) is 19.5 Å². The molecule has 0 aliphatic carbocycles. The minimum absolute atomic E-state index is 0.104. The maximum atomic E-state index is 12.5. The summed E-state index contributed by atoms with van der Waals surface area (Å²) in [5.41, 5.74) is 4.22. The molecule has 0 fully saturated rings. The summed E-state index contributed by atoms with van der Waals surface area (Å²) in [6.07, 6.45) is 0.717. The fraction of sp³-hybridized carbons (Fsp3) is 0.471. The van der Waals surface area contributed by atoms with Crippen LogP contribution in [-0.4, -0.2) is 26.9 Å². The molecule has 1 N–H and O–H groups in total. The summed E-state index contributed by atoms with van der Waals surface area (Å²) < 4.78 is 3.90. The second-order valence-corrected chi connectivity index (χ2v) is 7.12. The van der Waals surface area contributed by atoms with Gasteiger partial charge < -0.3 is 5.32 Å². The van der Waals surface area contributed by atoms with Crippen molar-refractivity contribution in [3.05, 3.63) is 39.9 Å². The van der Waals surface area contributed by atoms with Gasteiger partial charge in [-0.15, -0.1) is 5.10 Å². The van der Waals surface area contributed by atoms with E-state index in [1.807, 2.05) is 19.1 Å². The quantitative estimate of drug-likeness (QED) is 0.913. The lowest BCUT2D eigenvalue weighted by atomic mass is 10.1. The molecule has 0 spiro atoms. The molecule has 3 rings (SSSR count). The Bertz CT molecular complexity index is 710. The number of nitrogens with zero attached hydrogens (tertiary/aromatic N) is 3. The normalized spacial score (nSPS) is 14.3. The van der Waals surface area contributed by atoms with Crippen molar-refractivity contribution in [2.24, 2.45) is 5.92 Å². The molecule has 23 heavy (non-hydrogen) atoms. The SMILES string of the molecule is CCc1nnsc1C(=O)Nc1cccc2c1CN(CC(C)C)C2. The molecular weight excluding hydrogens is 308 g/mol. The molecule has 1 aliphatic heterocycles. The average molecular weight is 330 g/mol. The number of aromatic nitrogens is 2. The lowest BCUT2D eigenvalue weighted by molar-refractivity contribution is 0.102. The highest BCUT2D eigenvalue weighted by Gasteiger charge is 2.23. The fourth-order valence-corrected chi connectivity index (χ4v) is 3.69. The van der Waals surface area contributed by atoms with Crippen LogP contribution in [0.3, 0.4) is 0 Å². The second kappa shape index (κ2) is 6.76. The Labute approximate surface area is 140 Å². The van der Waals surface area contributed by atoms with Gasteiger partial charge in [0.15, 0.2) is 0 Å². The Morgan fingerprint density at radius 2 is 2.22 bits per heavy atom. The third-order valence-electron chi connectivity index (χ3n) is 4.02. The van der Waals surface area contributed by atoms with E-state index in [2.05, 4.69) is 39.7 Å². The summed E-state index contributed by atoms with van der Waals surface area (Å²) >= 11 is 1.16. The molecule has 5 nitrogen and oxygen atoms in total. The van der Waals surface area contributed by atoms with E-state index in [-0.39, 0.29) is 5.91 Å². The molecule has 1 aromatic heterocycles. The standard InChI is InChI=1S/C17H22N4OS/c1-4-14-16(23-20-19-14)17(22)18-15-7-5-6-12-9-21(8-11(2)3)10-13(12)15/h5-7,11H,4,8-10H2,1-3H3,(H,18,22). The highest BCUT2D eigenvalue weighted by Crippen LogP contribution is 2.30. The van der Waals surface area contributed by atoms with Gasteiger partial charge in [0.05, 0.1) is 5.69 Å². The Balaban J connectivity index is 1.78. The van der Waals surface area contributed by atoms with Crippen LogP contribution in [0.25, 0.3) is 0 Å². The summed E-state index contributed by atoms with van der Waals surface area (Å²) in [6.45, 7) is 9.37. The van der Waals surface area contributed by atoms with Crippen LogP contribution >= 0.6 is 11.5 Å². The maximum absolute atomic E-state index is 12.5. The molecule has 1 aliphatic rings. The van der Waals surface area contributed by atoms with Gasteiger partial charge in [-0.25, -0.2) is 0 Å². The van der Waals surface area contributed by atoms with Gasteiger partial charge in [-0.05, 0) is 41.1 Å². The van der Waals surface area contributed by atoms with Crippen molar-refractivity contribution in [1.82, 2.24) is 14.5 Å². The molecule has 2 heterocycles. The molecule has 122 valence electrons. The summed E-state index contributed by atoms with van der Waals surface area (Å²) in [6, 6.07) is 6.14. The zero-order valence-electron chi connectivity index (χ0n) is 13.8. The maximum Gasteiger partial charge on any atom is 0.269 e. The van der Waals surface area contributed by atoms with Gasteiger partial charge in [-0.2, -0.15) is 0 Å². The zero-order valence-corrected chi connectivity index (χ0v) is 14.6. The van der Waals surface area contributed by atoms with Crippen molar-refractivity contribution in [3.8, 4) is 0 Å². The first kappa shape index (κ1) is 16.1. The lowest BCUT2D eigenvalue weighted by Gasteiger charge is -2.17. The number of carbonyl (C=O) groups excluding carboxylic acids is 1. The number of nitrogens with one attached hydrogen (secondary N) is 1. The fourth-order valence-electron chi connectivity index (χ4n) is 3.04. The Hall–Kier alpha value is -1.79. The first-order chi connectivity index (χ1) is 11.1. The Morgan fingerprint density at radius 3 is 2.96 bits per heavy atom. The molecule has 0 bridgehead atoms. The van der Waals surface area contributed by atoms with Gasteiger partial charge in [-0.1, -0.05) is 37.4 Å². The molecule has 0 saturated heterocycles. The third kappa shape index (κ3) is 3.43. The van der Waals surface area contributed by atoms with E-state index in [0.29, 0.717) is 17.2 Å². The topological polar surface area (TPSA) is 58.1 Å². The van der Waals surface area contributed by atoms with Gasteiger partial charge in [0.25, 0.3) is 5.91 Å². The number of anilines is 1. The van der Waals surface area contributed by atoms with E-state index >= 15 is 0 Å². The van der Waals surface area contributed by atoms with Crippen molar-refractivity contribution in [3.63, 3.8) is 0 Å². The number of aryl methyl sites for hydroxylation is 1. The molecule has 1 amide bonds. The number of rotatable bonds is 5. The summed E-state index contributed by atoms with van der Waals surface area (Å²) in [5.74, 6) is 0.533. The predicted octanol–water partition coefficient (Wildman–Crippen LogP) is 3.32. The van der Waals surface area contributed by atoms with E-state index < -0.39 is 0 Å². The van der Waals surface area contributed by atoms with Crippen molar-refractivity contribution in [2.45, 2.75) is 40.3 Å². The van der Waals surface area contributed by atoms with E-state index in [4.69, 9.17) is 0 Å². The molecular formula is C17H22N4OS. The molecule has 0 atom stereocenters. The van der Waals surface area contributed by atoms with Crippen LogP contribution in [0.4, 0.5) is 5.69 Å². The summed E-state index contributed by atoms with van der Waals surface area (Å²) in [7, 11) is 0. The second-order valence-electron chi connectivity index (χ2n) is 6.36. The van der Waals surface area contributed by atoms with Crippen molar-refractivity contribution >= 4 is 23.1 Å². The van der Waals surface area contributed by atoms with Crippen LogP contribution in [0.5, 0.6) is 0 Å². The van der Waals surface area contributed by atoms with Crippen LogP contribution in [0.1, 0.15) is 47.3 Å². The minimum Gasteiger partial charge on any atom is -0.321 e. The number of fused-ring (bicyclic) bond motifs is 1. The van der Waals surface area contributed by atoms with E-state index in [1.54, 1.807) is 0 Å². The highest BCUT2D eigenvalue weighted by atomic mass is 32.1. The lowest BCUT2D eigenvalue weighted by Crippen LogP contribution is -2.21. The van der Waals surface area contributed by atoms with Gasteiger partial charge in [0, 0.05) is 25.3 Å². The number of hydrogen-bond donors (Lipinski definition) is 1. The van der Waals surface area contributed by atoms with Gasteiger partial charge in [-0.3, -0.25) is 9.69 Å². The average Bonchev–Trinajstić information content (AvgIpc) is 3.12. The number of carbonyl (C=O) groups is 1. The number of hydrogen-bond acceptors (Lipinski definition) is 5. The molecule has 0 unspecified atom stereocenters. The van der Waals surface area contributed by atoms with Crippen molar-refractivity contribution in [1.29, 1.82) is 0 Å². The monoisotopic (exact) mass is 330 g/mol. The van der Waals surface area contributed by atoms with Gasteiger partial charge in [0.1, 0.15) is 4.88 Å². The van der Waals surface area contributed by atoms with Crippen LogP contribution in [0.15, 0.2) is 18.2 Å². The van der Waals surface area contributed by atoms with Crippen LogP contribution in [0.2, 0.25) is 0 Å². The predicted molar refractivity (Wildman–Crippen MR) is 92.6 cm³/mol. The van der Waals surface area contributed by atoms with Crippen LogP contribution < -0.4 is 5.32 Å². The van der Waals surface area contributed by atoms with E-state index in [0.717, 1.165) is 42.5 Å². The third-order valence-corrected chi connectivity index (χ3v) is 4.78. The summed E-state index contributed by atoms with van der Waals surface area (Å²) in [5, 5.41) is 7.07. The zero-order chi connectivity index (χ0) is 16.4. The van der Waals surface area contributed by atoms with Gasteiger partial charge in [0.2, 0.25) is 0 Å². The van der Waals surface area contributed by atoms with Crippen molar-refractivity contribution < 1.29 is 4.79 Å². The molecule has 2 aromatic rings. The first-order valence-corrected chi connectivity index (χ1v) is 8.81. The molecule has 6 heteroatoms. The Morgan fingerprint density at radius 1 is 1.39 bits per heavy atom. The highest BCUT2D eigenvalue weighted by molar-refractivity contribution is 7.08. The van der Waals surface area contributed by atoms with E-state index in [1.165, 1.54) is 11.1 Å². The first-order valence-electron chi connectivity index (χ1n) is 8.04. The number of benzene rings is 1. The smallest absolute Gasteiger partial charge is 0.269 e. The largest absolute Gasteiger partial charge is 0.321 e. The summed E-state index contributed by atoms with van der Waals surface area (Å²) in [4.78, 5) is 15.6. The minimum atomic E-state index is -0.104.